The molecule has 6 nitrogen and oxygen atoms in total. The summed E-state index contributed by atoms with van der Waals surface area (Å²) >= 11 is 0. The molecule has 1 aromatic rings. The monoisotopic (exact) mass is 358 g/mol. The van der Waals surface area contributed by atoms with Gasteiger partial charge in [0.2, 0.25) is 0 Å². The number of nitrogens with one attached hydrogen (secondary N) is 1. The zero-order chi connectivity index (χ0) is 18.1. The zero-order valence-corrected chi connectivity index (χ0v) is 15.9. The average molecular weight is 358 g/mol. The summed E-state index contributed by atoms with van der Waals surface area (Å²) in [4.78, 5) is 19.9. The molecule has 4 rings (SSSR count). The molecular formula is C20H30N4O2. The van der Waals surface area contributed by atoms with E-state index >= 15 is 0 Å². The first-order valence-electron chi connectivity index (χ1n) is 9.68. The minimum atomic E-state index is 0.00913. The molecule has 0 aromatic heterocycles. The van der Waals surface area contributed by atoms with E-state index in [1.807, 2.05) is 35.2 Å². The number of nitrogens with zero attached hydrogens (tertiary/aromatic N) is 3. The summed E-state index contributed by atoms with van der Waals surface area (Å²) < 4.78 is 5.37. The minimum Gasteiger partial charge on any atom is -0.378 e. The predicted octanol–water partition coefficient (Wildman–Crippen LogP) is 1.38. The normalized spacial score (nSPS) is 26.8. The van der Waals surface area contributed by atoms with Crippen molar-refractivity contribution >= 4 is 6.03 Å². The molecule has 0 bridgehead atoms. The molecule has 0 aliphatic carbocycles. The maximum atomic E-state index is 12.8. The van der Waals surface area contributed by atoms with Gasteiger partial charge in [-0.1, -0.05) is 30.3 Å². The lowest BCUT2D eigenvalue weighted by Crippen LogP contribution is -2.72. The van der Waals surface area contributed by atoms with E-state index in [1.165, 1.54) is 0 Å². The van der Waals surface area contributed by atoms with Gasteiger partial charge in [0.05, 0.1) is 19.3 Å². The maximum Gasteiger partial charge on any atom is 0.317 e. The van der Waals surface area contributed by atoms with E-state index in [4.69, 9.17) is 4.74 Å². The molecular weight excluding hydrogens is 328 g/mol. The van der Waals surface area contributed by atoms with Gasteiger partial charge in [-0.05, 0) is 19.4 Å². The standard InChI is InChI=1S/C20H30N4O2/c1-20(2)15-23(19(25)21-10-16-6-4-3-5-7-16)12-17-11-22(8-9-24(17)20)18-13-26-14-18/h3-7,17-18H,8-15H2,1-2H3,(H,21,25)/t17-/m0/s1. The van der Waals surface area contributed by atoms with Crippen LogP contribution in [0.25, 0.3) is 0 Å². The number of amides is 2. The molecule has 6 heteroatoms. The highest BCUT2D eigenvalue weighted by Gasteiger charge is 2.45. The van der Waals surface area contributed by atoms with Crippen molar-refractivity contribution in [3.63, 3.8) is 0 Å². The van der Waals surface area contributed by atoms with Crippen LogP contribution in [0.4, 0.5) is 4.79 Å². The third-order valence-corrected chi connectivity index (χ3v) is 6.01. The van der Waals surface area contributed by atoms with Crippen LogP contribution in [-0.2, 0) is 11.3 Å². The van der Waals surface area contributed by atoms with Gasteiger partial charge < -0.3 is 15.0 Å². The van der Waals surface area contributed by atoms with Gasteiger partial charge in [-0.3, -0.25) is 9.80 Å². The fourth-order valence-electron chi connectivity index (χ4n) is 4.52. The molecule has 1 N–H and O–H groups in total. The lowest BCUT2D eigenvalue weighted by molar-refractivity contribution is -0.113. The summed E-state index contributed by atoms with van der Waals surface area (Å²) in [6.45, 7) is 11.6. The Hall–Kier alpha value is -1.63. The molecule has 0 saturated carbocycles. The van der Waals surface area contributed by atoms with E-state index in [1.54, 1.807) is 0 Å². The molecule has 1 aromatic carbocycles. The number of hydrogen-bond donors (Lipinski definition) is 1. The molecule has 3 aliphatic heterocycles. The van der Waals surface area contributed by atoms with Crippen molar-refractivity contribution in [3.8, 4) is 0 Å². The van der Waals surface area contributed by atoms with Gasteiger partial charge in [0.1, 0.15) is 0 Å². The second-order valence-corrected chi connectivity index (χ2v) is 8.37. The first-order valence-corrected chi connectivity index (χ1v) is 9.68. The number of carbonyl (C=O) groups excluding carboxylic acids is 1. The molecule has 0 spiro atoms. The number of fused-ring (bicyclic) bond motifs is 1. The number of urea groups is 1. The third kappa shape index (κ3) is 3.59. The van der Waals surface area contributed by atoms with Crippen molar-refractivity contribution < 1.29 is 9.53 Å². The van der Waals surface area contributed by atoms with Crippen molar-refractivity contribution in [2.24, 2.45) is 0 Å². The fraction of sp³-hybridized carbons (Fsp3) is 0.650. The van der Waals surface area contributed by atoms with E-state index in [0.717, 1.165) is 51.5 Å². The summed E-state index contributed by atoms with van der Waals surface area (Å²) in [6.07, 6.45) is 0. The number of rotatable bonds is 3. The van der Waals surface area contributed by atoms with Crippen molar-refractivity contribution in [2.45, 2.75) is 38.0 Å². The van der Waals surface area contributed by atoms with Crippen molar-refractivity contribution in [2.75, 3.05) is 45.9 Å². The summed E-state index contributed by atoms with van der Waals surface area (Å²) in [5.41, 5.74) is 1.14. The largest absolute Gasteiger partial charge is 0.378 e. The van der Waals surface area contributed by atoms with Crippen LogP contribution >= 0.6 is 0 Å². The number of piperazine rings is 2. The topological polar surface area (TPSA) is 48.1 Å². The zero-order valence-electron chi connectivity index (χ0n) is 15.9. The molecule has 26 heavy (non-hydrogen) atoms. The van der Waals surface area contributed by atoms with E-state index in [9.17, 15) is 4.79 Å². The van der Waals surface area contributed by atoms with Crippen LogP contribution < -0.4 is 5.32 Å². The predicted molar refractivity (Wildman–Crippen MR) is 101 cm³/mol. The summed E-state index contributed by atoms with van der Waals surface area (Å²) in [5.74, 6) is 0. The Kier molecular flexibility index (Phi) is 4.90. The molecule has 142 valence electrons. The lowest BCUT2D eigenvalue weighted by Gasteiger charge is -2.56. The van der Waals surface area contributed by atoms with Crippen LogP contribution in [0.5, 0.6) is 0 Å². The van der Waals surface area contributed by atoms with Crippen molar-refractivity contribution in [1.82, 2.24) is 20.0 Å². The molecule has 2 amide bonds. The molecule has 3 saturated heterocycles. The first kappa shape index (κ1) is 17.8. The maximum absolute atomic E-state index is 12.8. The van der Waals surface area contributed by atoms with Gasteiger partial charge in [0.15, 0.2) is 0 Å². The minimum absolute atomic E-state index is 0.00913. The van der Waals surface area contributed by atoms with Crippen LogP contribution in [0.3, 0.4) is 0 Å². The second-order valence-electron chi connectivity index (χ2n) is 8.37. The second kappa shape index (κ2) is 7.18. The van der Waals surface area contributed by atoms with Crippen LogP contribution in [0.15, 0.2) is 30.3 Å². The van der Waals surface area contributed by atoms with E-state index in [0.29, 0.717) is 18.6 Å². The summed E-state index contributed by atoms with van der Waals surface area (Å²) in [6, 6.07) is 11.1. The first-order chi connectivity index (χ1) is 12.5. The number of benzene rings is 1. The third-order valence-electron chi connectivity index (χ3n) is 6.01. The van der Waals surface area contributed by atoms with Gasteiger partial charge in [0.25, 0.3) is 0 Å². The van der Waals surface area contributed by atoms with Crippen molar-refractivity contribution in [1.29, 1.82) is 0 Å². The summed E-state index contributed by atoms with van der Waals surface area (Å²) in [5, 5.41) is 3.09. The Morgan fingerprint density at radius 1 is 1.15 bits per heavy atom. The van der Waals surface area contributed by atoms with E-state index in [-0.39, 0.29) is 11.6 Å². The van der Waals surface area contributed by atoms with Gasteiger partial charge in [-0.2, -0.15) is 0 Å². The molecule has 0 unspecified atom stereocenters. The Bertz CT molecular complexity index is 632. The number of hydrogen-bond acceptors (Lipinski definition) is 4. The molecule has 3 heterocycles. The fourth-order valence-corrected chi connectivity index (χ4v) is 4.52. The van der Waals surface area contributed by atoms with Crippen LogP contribution in [0.2, 0.25) is 0 Å². The molecule has 3 fully saturated rings. The lowest BCUT2D eigenvalue weighted by atomic mass is 9.92. The highest BCUT2D eigenvalue weighted by molar-refractivity contribution is 5.74. The van der Waals surface area contributed by atoms with Gasteiger partial charge >= 0.3 is 6.03 Å². The van der Waals surface area contributed by atoms with Crippen LogP contribution in [0.1, 0.15) is 19.4 Å². The SMILES string of the molecule is CC1(C)CN(C(=O)NCc2ccccc2)C[C@@H]2CN(C3COC3)CCN21. The number of carbonyl (C=O) groups is 1. The van der Waals surface area contributed by atoms with Crippen molar-refractivity contribution in [3.05, 3.63) is 35.9 Å². The smallest absolute Gasteiger partial charge is 0.317 e. The highest BCUT2D eigenvalue weighted by atomic mass is 16.5. The number of ether oxygens (including phenoxy) is 1. The van der Waals surface area contributed by atoms with E-state index in [2.05, 4.69) is 29.0 Å². The van der Waals surface area contributed by atoms with Crippen LogP contribution in [0, 0.1) is 0 Å². The summed E-state index contributed by atoms with van der Waals surface area (Å²) in [7, 11) is 0. The Balaban J connectivity index is 1.38. The van der Waals surface area contributed by atoms with Gasteiger partial charge in [0, 0.05) is 50.8 Å². The Labute approximate surface area is 156 Å². The van der Waals surface area contributed by atoms with Crippen LogP contribution in [-0.4, -0.2) is 84.3 Å². The quantitative estimate of drug-likeness (QED) is 0.887. The molecule has 1 atom stereocenters. The Morgan fingerprint density at radius 2 is 1.92 bits per heavy atom. The Morgan fingerprint density at radius 3 is 2.62 bits per heavy atom. The van der Waals surface area contributed by atoms with E-state index < -0.39 is 0 Å². The average Bonchev–Trinajstić information content (AvgIpc) is 2.58. The molecule has 3 aliphatic rings. The molecule has 0 radical (unpaired) electrons. The highest BCUT2D eigenvalue weighted by Crippen LogP contribution is 2.29. The van der Waals surface area contributed by atoms with Gasteiger partial charge in [-0.25, -0.2) is 4.79 Å². The van der Waals surface area contributed by atoms with Gasteiger partial charge in [-0.15, -0.1) is 0 Å².